The minimum atomic E-state index is -4.49. The average Bonchev–Trinajstić information content (AvgIpc) is 2.53. The Morgan fingerprint density at radius 1 is 1.42 bits per heavy atom. The number of anilines is 1. The number of rotatable bonds is 4. The van der Waals surface area contributed by atoms with Gasteiger partial charge in [0, 0.05) is 24.3 Å². The van der Waals surface area contributed by atoms with E-state index in [0.717, 1.165) is 4.90 Å². The molecule has 9 heteroatoms. The highest BCUT2D eigenvalue weighted by molar-refractivity contribution is 6.31. The lowest BCUT2D eigenvalue weighted by Crippen LogP contribution is -2.49. The minimum Gasteiger partial charge on any atom is -0.495 e. The van der Waals surface area contributed by atoms with Crippen molar-refractivity contribution >= 4 is 23.3 Å². The summed E-state index contributed by atoms with van der Waals surface area (Å²) in [6.45, 7) is -0.675. The number of urea groups is 1. The maximum atomic E-state index is 12.9. The van der Waals surface area contributed by atoms with Crippen molar-refractivity contribution in [3.63, 3.8) is 0 Å². The Hall–Kier alpha value is -1.67. The van der Waals surface area contributed by atoms with Gasteiger partial charge in [-0.2, -0.15) is 13.2 Å². The molecule has 0 unspecified atom stereocenters. The van der Waals surface area contributed by atoms with Crippen LogP contribution in [-0.4, -0.2) is 50.0 Å². The molecular weight excluding hydrogens is 349 g/mol. The third-order valence-corrected chi connectivity index (χ3v) is 3.88. The van der Waals surface area contributed by atoms with Gasteiger partial charge in [-0.15, -0.1) is 0 Å². The maximum Gasteiger partial charge on any atom is 0.406 e. The zero-order chi connectivity index (χ0) is 17.7. The van der Waals surface area contributed by atoms with E-state index >= 15 is 0 Å². The molecule has 1 aromatic rings. The minimum absolute atomic E-state index is 0.217. The van der Waals surface area contributed by atoms with Crippen molar-refractivity contribution in [1.82, 2.24) is 4.90 Å². The van der Waals surface area contributed by atoms with E-state index in [2.05, 4.69) is 5.32 Å². The van der Waals surface area contributed by atoms with Crippen molar-refractivity contribution in [3.05, 3.63) is 23.2 Å². The molecule has 0 spiro atoms. The first-order valence-corrected chi connectivity index (χ1v) is 7.73. The Kier molecular flexibility index (Phi) is 6.17. The van der Waals surface area contributed by atoms with Gasteiger partial charge in [-0.25, -0.2) is 4.79 Å². The van der Waals surface area contributed by atoms with Crippen molar-refractivity contribution in [2.45, 2.75) is 25.1 Å². The average molecular weight is 367 g/mol. The van der Waals surface area contributed by atoms with E-state index in [1.807, 2.05) is 0 Å². The first-order chi connectivity index (χ1) is 11.3. The summed E-state index contributed by atoms with van der Waals surface area (Å²) in [5, 5.41) is 2.79. The van der Waals surface area contributed by atoms with Gasteiger partial charge in [0.15, 0.2) is 0 Å². The second kappa shape index (κ2) is 7.94. The summed E-state index contributed by atoms with van der Waals surface area (Å²) < 4.78 is 48.9. The Labute approximate surface area is 142 Å². The summed E-state index contributed by atoms with van der Waals surface area (Å²) in [7, 11) is 1.39. The monoisotopic (exact) mass is 366 g/mol. The molecule has 5 nitrogen and oxygen atoms in total. The summed E-state index contributed by atoms with van der Waals surface area (Å²) in [6.07, 6.45) is -3.78. The van der Waals surface area contributed by atoms with E-state index in [0.29, 0.717) is 36.8 Å². The molecule has 0 saturated carbocycles. The van der Waals surface area contributed by atoms with Gasteiger partial charge >= 0.3 is 12.2 Å². The lowest BCUT2D eigenvalue weighted by atomic mass is 10.1. The molecular formula is C15H18ClF3N2O3. The predicted octanol–water partition coefficient (Wildman–Crippen LogP) is 3.92. The zero-order valence-electron chi connectivity index (χ0n) is 13.0. The van der Waals surface area contributed by atoms with Crippen LogP contribution >= 0.6 is 11.6 Å². The number of alkyl halides is 3. The molecule has 1 N–H and O–H groups in total. The van der Waals surface area contributed by atoms with Crippen molar-refractivity contribution in [3.8, 4) is 5.75 Å². The first kappa shape index (κ1) is 18.7. The SMILES string of the molecule is COc1ccc(Cl)cc1NC(=O)N(CC(F)(F)F)C1CCOCC1. The van der Waals surface area contributed by atoms with Crippen LogP contribution in [0.4, 0.5) is 23.7 Å². The van der Waals surface area contributed by atoms with Gasteiger partial charge in [-0.05, 0) is 31.0 Å². The quantitative estimate of drug-likeness (QED) is 0.878. The van der Waals surface area contributed by atoms with Crippen LogP contribution in [0.3, 0.4) is 0 Å². The Morgan fingerprint density at radius 2 is 2.08 bits per heavy atom. The molecule has 1 fully saturated rings. The fourth-order valence-electron chi connectivity index (χ4n) is 2.52. The van der Waals surface area contributed by atoms with Crippen molar-refractivity contribution < 1.29 is 27.4 Å². The van der Waals surface area contributed by atoms with E-state index in [1.54, 1.807) is 6.07 Å². The Balaban J connectivity index is 2.19. The molecule has 2 amide bonds. The van der Waals surface area contributed by atoms with Crippen LogP contribution in [0.5, 0.6) is 5.75 Å². The highest BCUT2D eigenvalue weighted by Crippen LogP contribution is 2.29. The predicted molar refractivity (Wildman–Crippen MR) is 83.6 cm³/mol. The summed E-state index contributed by atoms with van der Waals surface area (Å²) in [5.41, 5.74) is 0.217. The number of hydrogen-bond acceptors (Lipinski definition) is 3. The van der Waals surface area contributed by atoms with Gasteiger partial charge in [0.2, 0.25) is 0 Å². The molecule has 1 heterocycles. The van der Waals surface area contributed by atoms with E-state index in [1.165, 1.54) is 19.2 Å². The number of methoxy groups -OCH3 is 1. The molecule has 2 rings (SSSR count). The number of ether oxygens (including phenoxy) is 2. The molecule has 24 heavy (non-hydrogen) atoms. The number of carbonyl (C=O) groups is 1. The van der Waals surface area contributed by atoms with Crippen molar-refractivity contribution in [1.29, 1.82) is 0 Å². The van der Waals surface area contributed by atoms with Crippen LogP contribution in [0.1, 0.15) is 12.8 Å². The fourth-order valence-corrected chi connectivity index (χ4v) is 2.69. The molecule has 134 valence electrons. The molecule has 0 bridgehead atoms. The zero-order valence-corrected chi connectivity index (χ0v) is 13.8. The van der Waals surface area contributed by atoms with Crippen LogP contribution in [0, 0.1) is 0 Å². The van der Waals surface area contributed by atoms with Crippen LogP contribution in [0.25, 0.3) is 0 Å². The van der Waals surface area contributed by atoms with E-state index in [4.69, 9.17) is 21.1 Å². The van der Waals surface area contributed by atoms with Crippen molar-refractivity contribution in [2.24, 2.45) is 0 Å². The summed E-state index contributed by atoms with van der Waals surface area (Å²) in [6, 6.07) is 3.13. The van der Waals surface area contributed by atoms with E-state index in [-0.39, 0.29) is 5.69 Å². The second-order valence-electron chi connectivity index (χ2n) is 5.36. The van der Waals surface area contributed by atoms with Crippen LogP contribution in [0.2, 0.25) is 5.02 Å². The van der Waals surface area contributed by atoms with Gasteiger partial charge < -0.3 is 19.7 Å². The lowest BCUT2D eigenvalue weighted by Gasteiger charge is -2.34. The topological polar surface area (TPSA) is 50.8 Å². The van der Waals surface area contributed by atoms with Gasteiger partial charge in [0.1, 0.15) is 12.3 Å². The Bertz CT molecular complexity index is 578. The third kappa shape index (κ3) is 5.17. The Morgan fingerprint density at radius 3 is 2.67 bits per heavy atom. The summed E-state index contributed by atoms with van der Waals surface area (Å²) in [4.78, 5) is 13.2. The number of nitrogens with one attached hydrogen (secondary N) is 1. The highest BCUT2D eigenvalue weighted by atomic mass is 35.5. The third-order valence-electron chi connectivity index (χ3n) is 3.65. The summed E-state index contributed by atoms with van der Waals surface area (Å²) in [5.74, 6) is 0.312. The van der Waals surface area contributed by atoms with Gasteiger partial charge in [-0.1, -0.05) is 11.6 Å². The molecule has 0 aromatic heterocycles. The van der Waals surface area contributed by atoms with Gasteiger partial charge in [0.05, 0.1) is 12.8 Å². The van der Waals surface area contributed by atoms with E-state index in [9.17, 15) is 18.0 Å². The molecule has 0 aliphatic carbocycles. The van der Waals surface area contributed by atoms with Crippen LogP contribution in [-0.2, 0) is 4.74 Å². The second-order valence-corrected chi connectivity index (χ2v) is 5.80. The smallest absolute Gasteiger partial charge is 0.406 e. The molecule has 1 aliphatic rings. The standard InChI is InChI=1S/C15H18ClF3N2O3/c1-23-13-3-2-10(16)8-12(13)20-14(22)21(9-15(17,18)19)11-4-6-24-7-5-11/h2-3,8,11H,4-7,9H2,1H3,(H,20,22). The summed E-state index contributed by atoms with van der Waals surface area (Å²) >= 11 is 5.87. The van der Waals surface area contributed by atoms with Crippen LogP contribution < -0.4 is 10.1 Å². The number of amides is 2. The number of carbonyl (C=O) groups excluding carboxylic acids is 1. The number of nitrogens with zero attached hydrogens (tertiary/aromatic N) is 1. The normalized spacial score (nSPS) is 15.9. The van der Waals surface area contributed by atoms with Gasteiger partial charge in [-0.3, -0.25) is 0 Å². The molecule has 0 radical (unpaired) electrons. The molecule has 0 atom stereocenters. The van der Waals surface area contributed by atoms with Crippen LogP contribution in [0.15, 0.2) is 18.2 Å². The lowest BCUT2D eigenvalue weighted by molar-refractivity contribution is -0.146. The highest BCUT2D eigenvalue weighted by Gasteiger charge is 2.37. The van der Waals surface area contributed by atoms with Crippen molar-refractivity contribution in [2.75, 3.05) is 32.2 Å². The molecule has 1 aliphatic heterocycles. The fraction of sp³-hybridized carbons (Fsp3) is 0.533. The maximum absolute atomic E-state index is 12.9. The first-order valence-electron chi connectivity index (χ1n) is 7.36. The molecule has 1 aromatic carbocycles. The van der Waals surface area contributed by atoms with E-state index < -0.39 is 24.8 Å². The molecule has 1 saturated heterocycles. The van der Waals surface area contributed by atoms with Gasteiger partial charge in [0.25, 0.3) is 0 Å². The number of halogens is 4. The number of hydrogen-bond donors (Lipinski definition) is 1. The largest absolute Gasteiger partial charge is 0.495 e. The number of benzene rings is 1.